The molecule has 2 aromatic rings. The topological polar surface area (TPSA) is 84.7 Å². The highest BCUT2D eigenvalue weighted by atomic mass is 35.5. The molecule has 1 aliphatic heterocycles. The number of nitrogens with one attached hydrogen (secondary N) is 1. The Kier molecular flexibility index (Phi) is 7.01. The smallest absolute Gasteiger partial charge is 0.313 e. The van der Waals surface area contributed by atoms with E-state index in [4.69, 9.17) is 16.3 Å². The average Bonchev–Trinajstić information content (AvgIpc) is 2.63. The number of benzene rings is 2. The van der Waals surface area contributed by atoms with E-state index >= 15 is 0 Å². The molecule has 0 radical (unpaired) electrons. The van der Waals surface area contributed by atoms with Gasteiger partial charge in [-0.3, -0.25) is 14.9 Å². The number of halogens is 2. The summed E-state index contributed by atoms with van der Waals surface area (Å²) in [5.74, 6) is 0.456. The van der Waals surface area contributed by atoms with Gasteiger partial charge in [-0.2, -0.15) is 0 Å². The highest BCUT2D eigenvalue weighted by Gasteiger charge is 2.24. The van der Waals surface area contributed by atoms with Gasteiger partial charge in [-0.05, 0) is 43.3 Å². The van der Waals surface area contributed by atoms with Gasteiger partial charge in [0.25, 0.3) is 5.91 Å². The number of nitrogens with zero attached hydrogens (tertiary/aromatic N) is 2. The summed E-state index contributed by atoms with van der Waals surface area (Å²) in [7, 11) is 0. The van der Waals surface area contributed by atoms with Gasteiger partial charge in [0.05, 0.1) is 4.92 Å². The molecule has 7 nitrogen and oxygen atoms in total. The second kappa shape index (κ2) is 9.03. The Morgan fingerprint density at radius 3 is 2.63 bits per heavy atom. The van der Waals surface area contributed by atoms with Gasteiger partial charge in [-0.1, -0.05) is 11.6 Å². The molecule has 0 unspecified atom stereocenters. The fourth-order valence-corrected chi connectivity index (χ4v) is 2.99. The minimum absolute atomic E-state index is 0. The molecule has 0 aromatic heterocycles. The van der Waals surface area contributed by atoms with Crippen molar-refractivity contribution in [1.29, 1.82) is 0 Å². The van der Waals surface area contributed by atoms with Crippen molar-refractivity contribution in [2.75, 3.05) is 19.6 Å². The third-order valence-electron chi connectivity index (χ3n) is 4.21. The van der Waals surface area contributed by atoms with Gasteiger partial charge in [0, 0.05) is 42.3 Å². The lowest BCUT2D eigenvalue weighted by atomic mass is 10.1. The zero-order valence-corrected chi connectivity index (χ0v) is 16.1. The predicted molar refractivity (Wildman–Crippen MR) is 105 cm³/mol. The van der Waals surface area contributed by atoms with E-state index in [0.717, 1.165) is 13.1 Å². The van der Waals surface area contributed by atoms with Crippen molar-refractivity contribution in [2.24, 2.45) is 0 Å². The van der Waals surface area contributed by atoms with Crippen LogP contribution < -0.4 is 10.1 Å². The van der Waals surface area contributed by atoms with Crippen LogP contribution in [0.15, 0.2) is 42.5 Å². The lowest BCUT2D eigenvalue weighted by Crippen LogP contribution is -2.52. The van der Waals surface area contributed by atoms with Gasteiger partial charge in [0.2, 0.25) is 5.75 Å². The van der Waals surface area contributed by atoms with Crippen molar-refractivity contribution >= 4 is 35.6 Å². The van der Waals surface area contributed by atoms with E-state index in [0.29, 0.717) is 17.9 Å². The molecule has 144 valence electrons. The molecule has 1 fully saturated rings. The molecule has 1 aliphatic rings. The molecular weight excluding hydrogens is 393 g/mol. The summed E-state index contributed by atoms with van der Waals surface area (Å²) in [6.07, 6.45) is 0. The van der Waals surface area contributed by atoms with Crippen molar-refractivity contribution in [1.82, 2.24) is 10.2 Å². The first-order chi connectivity index (χ1) is 12.5. The number of hydrogen-bond acceptors (Lipinski definition) is 5. The number of piperazine rings is 1. The summed E-state index contributed by atoms with van der Waals surface area (Å²) in [6.45, 7) is 4.21. The Bertz CT molecular complexity index is 830. The number of rotatable bonds is 4. The van der Waals surface area contributed by atoms with Gasteiger partial charge in [-0.15, -0.1) is 12.4 Å². The maximum atomic E-state index is 12.6. The summed E-state index contributed by atoms with van der Waals surface area (Å²) in [5, 5.41) is 14.6. The number of carbonyl (C=O) groups is 1. The average molecular weight is 412 g/mol. The minimum atomic E-state index is -0.551. The Hall–Kier alpha value is -2.35. The zero-order valence-electron chi connectivity index (χ0n) is 14.6. The SMILES string of the molecule is C[C@@H]1CNCCN1C(=O)c1ccc(Oc2ccc(Cl)cc2[N+](=O)[O-])cc1.Cl. The maximum Gasteiger partial charge on any atom is 0.313 e. The van der Waals surface area contributed by atoms with Crippen LogP contribution in [-0.2, 0) is 0 Å². The third kappa shape index (κ3) is 4.88. The van der Waals surface area contributed by atoms with Gasteiger partial charge in [-0.25, -0.2) is 0 Å². The van der Waals surface area contributed by atoms with Gasteiger partial charge < -0.3 is 15.0 Å². The van der Waals surface area contributed by atoms with Crippen LogP contribution in [0, 0.1) is 10.1 Å². The van der Waals surface area contributed by atoms with E-state index in [2.05, 4.69) is 5.32 Å². The van der Waals surface area contributed by atoms with Crippen molar-refractivity contribution in [3.05, 3.63) is 63.2 Å². The van der Waals surface area contributed by atoms with Crippen LogP contribution in [0.4, 0.5) is 5.69 Å². The van der Waals surface area contributed by atoms with E-state index in [9.17, 15) is 14.9 Å². The van der Waals surface area contributed by atoms with Crippen LogP contribution in [0.5, 0.6) is 11.5 Å². The molecule has 1 N–H and O–H groups in total. The Morgan fingerprint density at radius 2 is 2.00 bits per heavy atom. The monoisotopic (exact) mass is 411 g/mol. The normalized spacial score (nSPS) is 16.4. The fraction of sp³-hybridized carbons (Fsp3) is 0.278. The summed E-state index contributed by atoms with van der Waals surface area (Å²) in [6, 6.07) is 10.9. The first-order valence-corrected chi connectivity index (χ1v) is 8.57. The molecular formula is C18H19Cl2N3O4. The number of nitro benzene ring substituents is 1. The number of carbonyl (C=O) groups excluding carboxylic acids is 1. The highest BCUT2D eigenvalue weighted by molar-refractivity contribution is 6.30. The van der Waals surface area contributed by atoms with Crippen molar-refractivity contribution in [3.8, 4) is 11.5 Å². The zero-order chi connectivity index (χ0) is 18.7. The van der Waals surface area contributed by atoms with Crippen LogP contribution in [0.2, 0.25) is 5.02 Å². The summed E-state index contributed by atoms with van der Waals surface area (Å²) >= 11 is 5.80. The van der Waals surface area contributed by atoms with Crippen molar-refractivity contribution in [2.45, 2.75) is 13.0 Å². The summed E-state index contributed by atoms with van der Waals surface area (Å²) < 4.78 is 5.59. The molecule has 0 bridgehead atoms. The number of hydrogen-bond donors (Lipinski definition) is 1. The number of ether oxygens (including phenoxy) is 1. The van der Waals surface area contributed by atoms with E-state index in [1.54, 1.807) is 24.3 Å². The molecule has 9 heteroatoms. The molecule has 1 saturated heterocycles. The fourth-order valence-electron chi connectivity index (χ4n) is 2.82. The lowest BCUT2D eigenvalue weighted by molar-refractivity contribution is -0.385. The van der Waals surface area contributed by atoms with E-state index in [-0.39, 0.29) is 40.8 Å². The molecule has 1 heterocycles. The van der Waals surface area contributed by atoms with Gasteiger partial charge in [0.15, 0.2) is 0 Å². The molecule has 0 saturated carbocycles. The number of amides is 1. The van der Waals surface area contributed by atoms with Gasteiger partial charge in [0.1, 0.15) is 5.75 Å². The highest BCUT2D eigenvalue weighted by Crippen LogP contribution is 2.33. The summed E-state index contributed by atoms with van der Waals surface area (Å²) in [4.78, 5) is 25.0. The quantitative estimate of drug-likeness (QED) is 0.608. The Balaban J connectivity index is 0.00000261. The molecule has 2 aromatic carbocycles. The number of nitro groups is 1. The maximum absolute atomic E-state index is 12.6. The second-order valence-corrected chi connectivity index (χ2v) is 6.48. The standard InChI is InChI=1S/C18H18ClN3O4.ClH/c1-12-11-20-8-9-21(12)18(23)13-2-5-15(6-3-13)26-17-7-4-14(19)10-16(17)22(24)25;/h2-7,10,12,20H,8-9,11H2,1H3;1H/t12-;/m1./s1. The van der Waals surface area contributed by atoms with E-state index in [1.165, 1.54) is 18.2 Å². The molecule has 0 spiro atoms. The van der Waals surface area contributed by atoms with E-state index < -0.39 is 4.92 Å². The molecule has 0 aliphatic carbocycles. The largest absolute Gasteiger partial charge is 0.450 e. The van der Waals surface area contributed by atoms with Crippen LogP contribution >= 0.6 is 24.0 Å². The first-order valence-electron chi connectivity index (χ1n) is 8.19. The van der Waals surface area contributed by atoms with Crippen LogP contribution in [0.25, 0.3) is 0 Å². The Labute approximate surface area is 167 Å². The molecule has 3 rings (SSSR count). The van der Waals surface area contributed by atoms with E-state index in [1.807, 2.05) is 11.8 Å². The Morgan fingerprint density at radius 1 is 1.30 bits per heavy atom. The molecule has 1 amide bonds. The van der Waals surface area contributed by atoms with Crippen molar-refractivity contribution < 1.29 is 14.5 Å². The summed E-state index contributed by atoms with van der Waals surface area (Å²) in [5.41, 5.74) is 0.337. The van der Waals surface area contributed by atoms with Gasteiger partial charge >= 0.3 is 5.69 Å². The molecule has 1 atom stereocenters. The molecule has 27 heavy (non-hydrogen) atoms. The first kappa shape index (κ1) is 21.0. The predicted octanol–water partition coefficient (Wildman–Crippen LogP) is 3.90. The van der Waals surface area contributed by atoms with Crippen LogP contribution in [0.1, 0.15) is 17.3 Å². The third-order valence-corrected chi connectivity index (χ3v) is 4.44. The van der Waals surface area contributed by atoms with Crippen LogP contribution in [-0.4, -0.2) is 41.4 Å². The van der Waals surface area contributed by atoms with Crippen LogP contribution in [0.3, 0.4) is 0 Å². The lowest BCUT2D eigenvalue weighted by Gasteiger charge is -2.34. The minimum Gasteiger partial charge on any atom is -0.450 e. The van der Waals surface area contributed by atoms with Crippen molar-refractivity contribution in [3.63, 3.8) is 0 Å². The second-order valence-electron chi connectivity index (χ2n) is 6.05.